The number of aromatic amines is 1. The van der Waals surface area contributed by atoms with E-state index in [0.29, 0.717) is 35.4 Å². The van der Waals surface area contributed by atoms with Crippen LogP contribution >= 0.6 is 11.3 Å². The first kappa shape index (κ1) is 24.2. The third-order valence-electron chi connectivity index (χ3n) is 7.14. The smallest absolute Gasteiger partial charge is 0.348 e. The molecule has 5 rings (SSSR count). The number of rotatable bonds is 8. The molecule has 2 saturated carbocycles. The number of thiophene rings is 1. The number of hydrogen-bond acceptors (Lipinski definition) is 5. The highest BCUT2D eigenvalue weighted by Gasteiger charge is 2.35. The van der Waals surface area contributed by atoms with Gasteiger partial charge >= 0.3 is 5.97 Å². The summed E-state index contributed by atoms with van der Waals surface area (Å²) in [6.07, 6.45) is 7.49. The highest BCUT2D eigenvalue weighted by Crippen LogP contribution is 2.41. The van der Waals surface area contributed by atoms with Crippen molar-refractivity contribution in [2.75, 3.05) is 16.8 Å². The Kier molecular flexibility index (Phi) is 6.91. The lowest BCUT2D eigenvalue weighted by Gasteiger charge is -2.31. The van der Waals surface area contributed by atoms with Crippen LogP contribution in [0.4, 0.5) is 11.4 Å². The Balaban J connectivity index is 1.39. The Hall–Kier alpha value is -3.46. The van der Waals surface area contributed by atoms with Gasteiger partial charge in [0, 0.05) is 29.2 Å². The number of carbonyl (C=O) groups excluding carboxylic acids is 2. The number of benzene rings is 1. The van der Waals surface area contributed by atoms with E-state index in [0.717, 1.165) is 49.0 Å². The first-order valence-corrected chi connectivity index (χ1v) is 13.3. The summed E-state index contributed by atoms with van der Waals surface area (Å²) in [6.45, 7) is 2.81. The minimum Gasteiger partial charge on any atom is -0.477 e. The summed E-state index contributed by atoms with van der Waals surface area (Å²) in [7, 11) is 0. The molecule has 0 atom stereocenters. The first-order valence-electron chi connectivity index (χ1n) is 12.5. The SMILES string of the molecule is CC1CCC(C(=O)N(CC2CC2)c2cc(-c3ccc(NC(=O)c4ccn[nH]4)cc3)sc2C(=O)O)CC1. The molecule has 2 aliphatic rings. The molecule has 2 amide bonds. The number of carbonyl (C=O) groups is 3. The van der Waals surface area contributed by atoms with Crippen molar-refractivity contribution in [2.45, 2.75) is 45.4 Å². The van der Waals surface area contributed by atoms with E-state index in [-0.39, 0.29) is 22.6 Å². The van der Waals surface area contributed by atoms with E-state index in [4.69, 9.17) is 0 Å². The summed E-state index contributed by atoms with van der Waals surface area (Å²) in [5, 5.41) is 19.2. The van der Waals surface area contributed by atoms with E-state index in [2.05, 4.69) is 22.4 Å². The number of carboxylic acid groups (broad SMARTS) is 1. The van der Waals surface area contributed by atoms with E-state index in [1.165, 1.54) is 17.5 Å². The zero-order chi connectivity index (χ0) is 25.2. The second-order valence-electron chi connectivity index (χ2n) is 9.98. The van der Waals surface area contributed by atoms with Crippen LogP contribution in [0.3, 0.4) is 0 Å². The van der Waals surface area contributed by atoms with Gasteiger partial charge in [0.25, 0.3) is 5.91 Å². The minimum atomic E-state index is -1.02. The second kappa shape index (κ2) is 10.3. The number of nitrogens with zero attached hydrogens (tertiary/aromatic N) is 2. The molecule has 3 aromatic rings. The number of carboxylic acids is 1. The predicted molar refractivity (Wildman–Crippen MR) is 139 cm³/mol. The molecule has 2 aromatic heterocycles. The number of hydrogen-bond donors (Lipinski definition) is 3. The van der Waals surface area contributed by atoms with E-state index in [9.17, 15) is 19.5 Å². The zero-order valence-corrected chi connectivity index (χ0v) is 21.0. The van der Waals surface area contributed by atoms with Gasteiger partial charge < -0.3 is 15.3 Å². The van der Waals surface area contributed by atoms with Crippen LogP contribution in [0.15, 0.2) is 42.6 Å². The van der Waals surface area contributed by atoms with Gasteiger partial charge in [-0.05, 0) is 80.2 Å². The molecule has 1 aromatic carbocycles. The van der Waals surface area contributed by atoms with E-state index >= 15 is 0 Å². The number of nitrogens with one attached hydrogen (secondary N) is 2. The lowest BCUT2D eigenvalue weighted by Crippen LogP contribution is -2.39. The largest absolute Gasteiger partial charge is 0.477 e. The highest BCUT2D eigenvalue weighted by molar-refractivity contribution is 7.18. The molecule has 0 radical (unpaired) electrons. The molecule has 8 nitrogen and oxygen atoms in total. The molecule has 0 aliphatic heterocycles. The molecular formula is C27H30N4O4S. The van der Waals surface area contributed by atoms with Crippen molar-refractivity contribution in [3.8, 4) is 10.4 Å². The monoisotopic (exact) mass is 506 g/mol. The predicted octanol–water partition coefficient (Wildman–Crippen LogP) is 5.66. The van der Waals surface area contributed by atoms with Crippen LogP contribution in [0.1, 0.15) is 65.6 Å². The molecular weight excluding hydrogens is 476 g/mol. The third-order valence-corrected chi connectivity index (χ3v) is 8.30. The lowest BCUT2D eigenvalue weighted by atomic mass is 9.82. The average molecular weight is 507 g/mol. The molecule has 188 valence electrons. The molecule has 9 heteroatoms. The number of anilines is 2. The molecule has 2 heterocycles. The summed E-state index contributed by atoms with van der Waals surface area (Å²) in [4.78, 5) is 40.8. The number of aromatic nitrogens is 2. The van der Waals surface area contributed by atoms with Crippen molar-refractivity contribution in [1.29, 1.82) is 0 Å². The van der Waals surface area contributed by atoms with Crippen molar-refractivity contribution < 1.29 is 19.5 Å². The van der Waals surface area contributed by atoms with E-state index < -0.39 is 5.97 Å². The fourth-order valence-electron chi connectivity index (χ4n) is 4.77. The van der Waals surface area contributed by atoms with Crippen molar-refractivity contribution in [3.05, 3.63) is 53.2 Å². The highest BCUT2D eigenvalue weighted by atomic mass is 32.1. The maximum Gasteiger partial charge on any atom is 0.348 e. The Bertz CT molecular complexity index is 1240. The summed E-state index contributed by atoms with van der Waals surface area (Å²) in [5.74, 6) is -0.200. The third kappa shape index (κ3) is 5.36. The van der Waals surface area contributed by atoms with Crippen molar-refractivity contribution in [3.63, 3.8) is 0 Å². The van der Waals surface area contributed by atoms with E-state index in [1.54, 1.807) is 23.1 Å². The van der Waals surface area contributed by atoms with Gasteiger partial charge in [-0.2, -0.15) is 5.10 Å². The Labute approximate surface area is 213 Å². The lowest BCUT2D eigenvalue weighted by molar-refractivity contribution is -0.123. The molecule has 3 N–H and O–H groups in total. The number of H-pyrrole nitrogens is 1. The van der Waals surface area contributed by atoms with Gasteiger partial charge in [0.1, 0.15) is 10.6 Å². The molecule has 0 saturated heterocycles. The Morgan fingerprint density at radius 1 is 1.08 bits per heavy atom. The van der Waals surface area contributed by atoms with Crippen LogP contribution in [0.5, 0.6) is 0 Å². The van der Waals surface area contributed by atoms with Gasteiger partial charge in [0.2, 0.25) is 5.91 Å². The van der Waals surface area contributed by atoms with Gasteiger partial charge in [0.15, 0.2) is 0 Å². The average Bonchev–Trinajstić information content (AvgIpc) is 3.32. The maximum absolute atomic E-state index is 13.6. The first-order chi connectivity index (χ1) is 17.4. The maximum atomic E-state index is 13.6. The standard InChI is InChI=1S/C27H30N4O4S/c1-16-2-6-19(7-3-16)26(33)31(15-17-4-5-17)22-14-23(36-24(22)27(34)35)18-8-10-20(11-9-18)29-25(32)21-12-13-28-30-21/h8-14,16-17,19H,2-7,15H2,1H3,(H,28,30)(H,29,32)(H,34,35). The van der Waals surface area contributed by atoms with Crippen LogP contribution in [0, 0.1) is 17.8 Å². The second-order valence-corrected chi connectivity index (χ2v) is 11.0. The van der Waals surface area contributed by atoms with Crippen molar-refractivity contribution >= 4 is 40.5 Å². The van der Waals surface area contributed by atoms with Crippen LogP contribution in [-0.2, 0) is 4.79 Å². The Morgan fingerprint density at radius 2 is 1.81 bits per heavy atom. The summed E-state index contributed by atoms with van der Waals surface area (Å²) >= 11 is 1.18. The van der Waals surface area contributed by atoms with Crippen LogP contribution < -0.4 is 10.2 Å². The van der Waals surface area contributed by atoms with Gasteiger partial charge in [0.05, 0.1) is 5.69 Å². The van der Waals surface area contributed by atoms with Gasteiger partial charge in [-0.25, -0.2) is 4.79 Å². The minimum absolute atomic E-state index is 0.0392. The molecule has 0 spiro atoms. The van der Waals surface area contributed by atoms with Gasteiger partial charge in [-0.3, -0.25) is 14.7 Å². The Morgan fingerprint density at radius 3 is 2.42 bits per heavy atom. The van der Waals surface area contributed by atoms with Gasteiger partial charge in [-0.1, -0.05) is 19.1 Å². The number of aromatic carboxylic acids is 1. The topological polar surface area (TPSA) is 115 Å². The van der Waals surface area contributed by atoms with Crippen molar-refractivity contribution in [2.24, 2.45) is 17.8 Å². The normalized spacial score (nSPS) is 19.6. The van der Waals surface area contributed by atoms with Crippen LogP contribution in [0.25, 0.3) is 10.4 Å². The van der Waals surface area contributed by atoms with Crippen LogP contribution in [0.2, 0.25) is 0 Å². The van der Waals surface area contributed by atoms with Crippen LogP contribution in [-0.4, -0.2) is 39.6 Å². The summed E-state index contributed by atoms with van der Waals surface area (Å²) in [6, 6.07) is 10.7. The molecule has 2 aliphatic carbocycles. The molecule has 36 heavy (non-hydrogen) atoms. The summed E-state index contributed by atoms with van der Waals surface area (Å²) in [5.41, 5.74) is 2.32. The zero-order valence-electron chi connectivity index (χ0n) is 20.2. The van der Waals surface area contributed by atoms with E-state index in [1.807, 2.05) is 18.2 Å². The van der Waals surface area contributed by atoms with Gasteiger partial charge in [-0.15, -0.1) is 11.3 Å². The quantitative estimate of drug-likeness (QED) is 0.365. The molecule has 0 bridgehead atoms. The fraction of sp³-hybridized carbons (Fsp3) is 0.407. The fourth-order valence-corrected chi connectivity index (χ4v) is 5.77. The summed E-state index contributed by atoms with van der Waals surface area (Å²) < 4.78 is 0. The molecule has 0 unspecified atom stereocenters. The molecule has 2 fully saturated rings. The number of amides is 2. The van der Waals surface area contributed by atoms with Crippen molar-refractivity contribution in [1.82, 2.24) is 10.2 Å².